The van der Waals surface area contributed by atoms with Crippen molar-refractivity contribution in [3.05, 3.63) is 59.7 Å². The number of benzene rings is 2. The van der Waals surface area contributed by atoms with E-state index in [1.807, 2.05) is 12.1 Å². The summed E-state index contributed by atoms with van der Waals surface area (Å²) in [7, 11) is 3.84. The van der Waals surface area contributed by atoms with Crippen molar-refractivity contribution in [3.8, 4) is 5.75 Å². The zero-order valence-corrected chi connectivity index (χ0v) is 20.0. The van der Waals surface area contributed by atoms with Crippen LogP contribution in [0.15, 0.2) is 48.5 Å². The molecule has 2 fully saturated rings. The number of carbonyl (C=O) groups excluding carboxylic acids is 1. The van der Waals surface area contributed by atoms with Crippen LogP contribution in [0.3, 0.4) is 0 Å². The third kappa shape index (κ3) is 3.99. The van der Waals surface area contributed by atoms with E-state index in [0.717, 1.165) is 57.5 Å². The van der Waals surface area contributed by atoms with Gasteiger partial charge in [-0.2, -0.15) is 0 Å². The molecule has 2 aromatic rings. The van der Waals surface area contributed by atoms with Gasteiger partial charge in [0.15, 0.2) is 0 Å². The van der Waals surface area contributed by atoms with Crippen molar-refractivity contribution in [3.63, 3.8) is 0 Å². The van der Waals surface area contributed by atoms with Gasteiger partial charge in [0.2, 0.25) is 5.91 Å². The predicted molar refractivity (Wildman–Crippen MR) is 130 cm³/mol. The van der Waals surface area contributed by atoms with Gasteiger partial charge in [0, 0.05) is 25.3 Å². The highest BCUT2D eigenvalue weighted by Gasteiger charge is 2.56. The average Bonchev–Trinajstić information content (AvgIpc) is 3.40. The van der Waals surface area contributed by atoms with Crippen molar-refractivity contribution in [2.75, 3.05) is 38.7 Å². The molecule has 1 saturated carbocycles. The third-order valence-corrected chi connectivity index (χ3v) is 7.55. The van der Waals surface area contributed by atoms with E-state index in [9.17, 15) is 4.79 Å². The quantitative estimate of drug-likeness (QED) is 0.593. The SMILES string of the molecule is CCN(CC)c1ccc(C2N(CCc3ccc(OC)cc3)C(=O)C3(CCCC3)N2C)cc1. The Morgan fingerprint density at radius 1 is 1.00 bits per heavy atom. The summed E-state index contributed by atoms with van der Waals surface area (Å²) in [5, 5.41) is 0. The maximum atomic E-state index is 13.8. The Bertz CT molecular complexity index is 900. The second-order valence-corrected chi connectivity index (χ2v) is 9.08. The number of likely N-dealkylation sites (N-methyl/N-ethyl adjacent to an activating group) is 1. The first-order valence-electron chi connectivity index (χ1n) is 12.1. The van der Waals surface area contributed by atoms with Crippen LogP contribution in [0.25, 0.3) is 0 Å². The minimum absolute atomic E-state index is 0.00963. The molecule has 5 heteroatoms. The Balaban J connectivity index is 1.60. The Kier molecular flexibility index (Phi) is 6.75. The number of hydrogen-bond donors (Lipinski definition) is 0. The molecule has 2 aromatic carbocycles. The van der Waals surface area contributed by atoms with Crippen LogP contribution in [0.2, 0.25) is 0 Å². The summed E-state index contributed by atoms with van der Waals surface area (Å²) in [6.07, 6.45) is 5.04. The summed E-state index contributed by atoms with van der Waals surface area (Å²) >= 11 is 0. The molecular formula is C27H37N3O2. The van der Waals surface area contributed by atoms with Crippen molar-refractivity contribution in [2.24, 2.45) is 0 Å². The number of ether oxygens (including phenoxy) is 1. The number of hydrogen-bond acceptors (Lipinski definition) is 4. The summed E-state index contributed by atoms with van der Waals surface area (Å²) in [6.45, 7) is 7.08. The van der Waals surface area contributed by atoms with Crippen molar-refractivity contribution in [1.82, 2.24) is 9.80 Å². The van der Waals surface area contributed by atoms with Gasteiger partial charge in [-0.3, -0.25) is 9.69 Å². The molecule has 1 atom stereocenters. The summed E-state index contributed by atoms with van der Waals surface area (Å²) in [4.78, 5) is 20.6. The maximum absolute atomic E-state index is 13.8. The number of amides is 1. The van der Waals surface area contributed by atoms with Gasteiger partial charge in [0.25, 0.3) is 0 Å². The molecule has 0 bridgehead atoms. The Hall–Kier alpha value is -2.53. The lowest BCUT2D eigenvalue weighted by Crippen LogP contribution is -2.45. The highest BCUT2D eigenvalue weighted by molar-refractivity contribution is 5.89. The molecule has 1 amide bonds. The second kappa shape index (κ2) is 9.53. The molecule has 0 aromatic heterocycles. The smallest absolute Gasteiger partial charge is 0.244 e. The molecule has 172 valence electrons. The molecule has 2 aliphatic rings. The number of anilines is 1. The van der Waals surface area contributed by atoms with E-state index in [1.54, 1.807) is 7.11 Å². The zero-order valence-electron chi connectivity index (χ0n) is 20.0. The summed E-state index contributed by atoms with van der Waals surface area (Å²) in [5.74, 6) is 1.17. The molecule has 0 N–H and O–H groups in total. The fourth-order valence-electron chi connectivity index (χ4n) is 5.61. The van der Waals surface area contributed by atoms with E-state index in [4.69, 9.17) is 4.74 Å². The van der Waals surface area contributed by atoms with Gasteiger partial charge >= 0.3 is 0 Å². The highest BCUT2D eigenvalue weighted by Crippen LogP contribution is 2.47. The van der Waals surface area contributed by atoms with E-state index in [0.29, 0.717) is 5.91 Å². The topological polar surface area (TPSA) is 36.0 Å². The molecule has 1 spiro atoms. The van der Waals surface area contributed by atoms with E-state index < -0.39 is 0 Å². The molecular weight excluding hydrogens is 398 g/mol. The standard InChI is InChI=1S/C27H37N3O2/c1-5-29(6-2)23-13-11-22(12-14-23)25-28(3)27(18-7-8-19-27)26(31)30(25)20-17-21-9-15-24(32-4)16-10-21/h9-16,25H,5-8,17-20H2,1-4H3. The summed E-state index contributed by atoms with van der Waals surface area (Å²) < 4.78 is 5.28. The molecule has 1 aliphatic carbocycles. The van der Waals surface area contributed by atoms with Crippen LogP contribution in [-0.4, -0.2) is 55.0 Å². The van der Waals surface area contributed by atoms with Crippen LogP contribution in [-0.2, 0) is 11.2 Å². The lowest BCUT2D eigenvalue weighted by Gasteiger charge is -2.32. The normalized spacial score (nSPS) is 20.3. The van der Waals surface area contributed by atoms with Gasteiger partial charge in [-0.1, -0.05) is 37.1 Å². The molecule has 1 saturated heterocycles. The molecule has 1 unspecified atom stereocenters. The molecule has 4 rings (SSSR count). The van der Waals surface area contributed by atoms with E-state index in [2.05, 4.69) is 72.0 Å². The van der Waals surface area contributed by atoms with Crippen molar-refractivity contribution >= 4 is 11.6 Å². The van der Waals surface area contributed by atoms with Crippen molar-refractivity contribution in [1.29, 1.82) is 0 Å². The number of methoxy groups -OCH3 is 1. The van der Waals surface area contributed by atoms with E-state index >= 15 is 0 Å². The van der Waals surface area contributed by atoms with Crippen LogP contribution in [0.4, 0.5) is 5.69 Å². The number of nitrogens with zero attached hydrogens (tertiary/aromatic N) is 3. The van der Waals surface area contributed by atoms with Crippen molar-refractivity contribution in [2.45, 2.75) is 57.7 Å². The minimum Gasteiger partial charge on any atom is -0.497 e. The van der Waals surface area contributed by atoms with Gasteiger partial charge in [0.1, 0.15) is 17.5 Å². The molecule has 5 nitrogen and oxygen atoms in total. The van der Waals surface area contributed by atoms with Crippen LogP contribution in [0.1, 0.15) is 56.8 Å². The highest BCUT2D eigenvalue weighted by atomic mass is 16.5. The van der Waals surface area contributed by atoms with E-state index in [-0.39, 0.29) is 11.7 Å². The fraction of sp³-hybridized carbons (Fsp3) is 0.519. The third-order valence-electron chi connectivity index (χ3n) is 7.55. The Labute approximate surface area is 193 Å². The van der Waals surface area contributed by atoms with Crippen LogP contribution in [0.5, 0.6) is 5.75 Å². The van der Waals surface area contributed by atoms with Gasteiger partial charge < -0.3 is 14.5 Å². The van der Waals surface area contributed by atoms with Gasteiger partial charge in [-0.15, -0.1) is 0 Å². The second-order valence-electron chi connectivity index (χ2n) is 9.08. The predicted octanol–water partition coefficient (Wildman–Crippen LogP) is 4.87. The summed E-state index contributed by atoms with van der Waals surface area (Å²) in [5.41, 5.74) is 3.34. The van der Waals surface area contributed by atoms with Crippen LogP contribution < -0.4 is 9.64 Å². The first-order chi connectivity index (χ1) is 15.5. The van der Waals surface area contributed by atoms with Gasteiger partial charge in [-0.25, -0.2) is 0 Å². The average molecular weight is 436 g/mol. The monoisotopic (exact) mass is 435 g/mol. The van der Waals surface area contributed by atoms with Crippen LogP contribution >= 0.6 is 0 Å². The first-order valence-corrected chi connectivity index (χ1v) is 12.1. The fourth-order valence-corrected chi connectivity index (χ4v) is 5.61. The Morgan fingerprint density at radius 3 is 2.19 bits per heavy atom. The molecule has 1 aliphatic heterocycles. The van der Waals surface area contributed by atoms with Gasteiger partial charge in [-0.05, 0) is 75.5 Å². The lowest BCUT2D eigenvalue weighted by molar-refractivity contribution is -0.133. The number of carbonyl (C=O) groups is 1. The molecule has 0 radical (unpaired) electrons. The maximum Gasteiger partial charge on any atom is 0.244 e. The summed E-state index contributed by atoms with van der Waals surface area (Å²) in [6, 6.07) is 17.0. The van der Waals surface area contributed by atoms with Crippen molar-refractivity contribution < 1.29 is 9.53 Å². The molecule has 1 heterocycles. The minimum atomic E-state index is -0.331. The van der Waals surface area contributed by atoms with Crippen LogP contribution in [0, 0.1) is 0 Å². The zero-order chi connectivity index (χ0) is 22.7. The Morgan fingerprint density at radius 2 is 1.62 bits per heavy atom. The number of rotatable bonds is 8. The van der Waals surface area contributed by atoms with Gasteiger partial charge in [0.05, 0.1) is 7.11 Å². The van der Waals surface area contributed by atoms with E-state index in [1.165, 1.54) is 16.8 Å². The lowest BCUT2D eigenvalue weighted by atomic mass is 9.96. The molecule has 32 heavy (non-hydrogen) atoms. The largest absolute Gasteiger partial charge is 0.497 e. The first kappa shape index (κ1) is 22.7.